The third-order valence-corrected chi connectivity index (χ3v) is 3.79. The van der Waals surface area contributed by atoms with Crippen LogP contribution in [0.3, 0.4) is 0 Å². The number of nitrogens with zero attached hydrogens (tertiary/aromatic N) is 1. The maximum atomic E-state index is 4.76. The molecule has 1 aliphatic heterocycles. The monoisotopic (exact) mass is 247 g/mol. The predicted octanol–water partition coefficient (Wildman–Crippen LogP) is 3.60. The zero-order valence-electron chi connectivity index (χ0n) is 10.8. The van der Waals surface area contributed by atoms with E-state index in [1.807, 2.05) is 0 Å². The molecule has 0 atom stereocenters. The Morgan fingerprint density at radius 1 is 1.07 bits per heavy atom. The molecule has 1 nitrogen and oxygen atoms in total. The van der Waals surface area contributed by atoms with Crippen LogP contribution in [0.25, 0.3) is 0 Å². The van der Waals surface area contributed by atoms with Crippen molar-refractivity contribution in [3.63, 3.8) is 0 Å². The molecule has 1 fully saturated rings. The molecule has 0 amide bonds. The van der Waals surface area contributed by atoms with E-state index in [0.717, 1.165) is 12.8 Å². The van der Waals surface area contributed by atoms with Crippen LogP contribution in [-0.4, -0.2) is 26.1 Å². The standard InChI is InChI=1S/C12H25NS2/c1-10(2)7-9(14)8-11(3,4)13(10)12(5,6)15/h9,14-15H,7-8H2,1-6H3. The Hall–Kier alpha value is 0.660. The lowest BCUT2D eigenvalue weighted by Gasteiger charge is -2.59. The van der Waals surface area contributed by atoms with Gasteiger partial charge in [-0.25, -0.2) is 0 Å². The summed E-state index contributed by atoms with van der Waals surface area (Å²) in [5.74, 6) is 0. The summed E-state index contributed by atoms with van der Waals surface area (Å²) in [6, 6.07) is 0. The summed E-state index contributed by atoms with van der Waals surface area (Å²) in [6.45, 7) is 13.6. The minimum atomic E-state index is -0.0824. The first-order valence-corrected chi connectivity index (χ1v) is 6.64. The highest BCUT2D eigenvalue weighted by Crippen LogP contribution is 2.45. The molecule has 0 N–H and O–H groups in total. The van der Waals surface area contributed by atoms with E-state index < -0.39 is 0 Å². The molecule has 0 spiro atoms. The third kappa shape index (κ3) is 2.86. The molecule has 90 valence electrons. The number of hydrogen-bond acceptors (Lipinski definition) is 3. The van der Waals surface area contributed by atoms with Gasteiger partial charge in [0.05, 0.1) is 4.87 Å². The Morgan fingerprint density at radius 2 is 1.40 bits per heavy atom. The molecule has 1 heterocycles. The molecular formula is C12H25NS2. The fraction of sp³-hybridized carbons (Fsp3) is 1.00. The van der Waals surface area contributed by atoms with Crippen molar-refractivity contribution in [2.24, 2.45) is 0 Å². The van der Waals surface area contributed by atoms with Crippen molar-refractivity contribution in [1.29, 1.82) is 0 Å². The van der Waals surface area contributed by atoms with Gasteiger partial charge in [-0.1, -0.05) is 0 Å². The van der Waals surface area contributed by atoms with Gasteiger partial charge in [0.15, 0.2) is 0 Å². The average Bonchev–Trinajstić information content (AvgIpc) is 1.71. The number of thiol groups is 2. The second-order valence-electron chi connectivity index (χ2n) is 6.52. The van der Waals surface area contributed by atoms with Gasteiger partial charge in [-0.2, -0.15) is 25.3 Å². The van der Waals surface area contributed by atoms with Crippen molar-refractivity contribution >= 4 is 25.3 Å². The van der Waals surface area contributed by atoms with Crippen molar-refractivity contribution in [3.05, 3.63) is 0 Å². The maximum Gasteiger partial charge on any atom is 0.0592 e. The van der Waals surface area contributed by atoms with Crippen LogP contribution in [0.5, 0.6) is 0 Å². The molecule has 0 aromatic carbocycles. The number of rotatable bonds is 1. The highest BCUT2D eigenvalue weighted by molar-refractivity contribution is 7.81. The fourth-order valence-corrected chi connectivity index (χ4v) is 5.14. The Bertz CT molecular complexity index is 222. The summed E-state index contributed by atoms with van der Waals surface area (Å²) < 4.78 is 0. The van der Waals surface area contributed by atoms with Crippen molar-refractivity contribution in [2.45, 2.75) is 75.6 Å². The maximum absolute atomic E-state index is 4.76. The summed E-state index contributed by atoms with van der Waals surface area (Å²) in [5.41, 5.74) is 0.332. The molecule has 0 radical (unpaired) electrons. The van der Waals surface area contributed by atoms with Crippen LogP contribution in [0.4, 0.5) is 0 Å². The molecule has 1 rings (SSSR count). The summed E-state index contributed by atoms with van der Waals surface area (Å²) in [5, 5.41) is 0.502. The molecule has 1 aliphatic rings. The number of likely N-dealkylation sites (tertiary alicyclic amines) is 1. The predicted molar refractivity (Wildman–Crippen MR) is 75.1 cm³/mol. The first kappa shape index (κ1) is 13.7. The van der Waals surface area contributed by atoms with E-state index in [2.05, 4.69) is 59.1 Å². The smallest absolute Gasteiger partial charge is 0.0592 e. The van der Waals surface area contributed by atoms with Crippen LogP contribution in [0, 0.1) is 0 Å². The van der Waals surface area contributed by atoms with Gasteiger partial charge in [0.1, 0.15) is 0 Å². The van der Waals surface area contributed by atoms with Crippen LogP contribution in [-0.2, 0) is 0 Å². The first-order chi connectivity index (χ1) is 6.47. The highest BCUT2D eigenvalue weighted by atomic mass is 32.1. The first-order valence-electron chi connectivity index (χ1n) is 5.68. The lowest BCUT2D eigenvalue weighted by atomic mass is 9.78. The molecule has 3 heteroatoms. The molecule has 0 bridgehead atoms. The summed E-state index contributed by atoms with van der Waals surface area (Å²) >= 11 is 9.43. The fourth-order valence-electron chi connectivity index (χ4n) is 3.71. The molecule has 15 heavy (non-hydrogen) atoms. The molecule has 0 aromatic rings. The Kier molecular flexibility index (Phi) is 3.52. The van der Waals surface area contributed by atoms with Crippen LogP contribution in [0.1, 0.15) is 54.4 Å². The van der Waals surface area contributed by atoms with Gasteiger partial charge in [0, 0.05) is 16.3 Å². The SMILES string of the molecule is CC(C)(S)N1C(C)(C)CC(S)CC1(C)C. The van der Waals surface area contributed by atoms with Crippen molar-refractivity contribution in [1.82, 2.24) is 4.90 Å². The van der Waals surface area contributed by atoms with E-state index in [0.29, 0.717) is 5.25 Å². The number of hydrogen-bond donors (Lipinski definition) is 2. The minimum absolute atomic E-state index is 0.0824. The van der Waals surface area contributed by atoms with Gasteiger partial charge in [-0.05, 0) is 54.4 Å². The molecular weight excluding hydrogens is 222 g/mol. The van der Waals surface area contributed by atoms with Crippen LogP contribution < -0.4 is 0 Å². The zero-order chi connectivity index (χ0) is 12.1. The molecule has 1 saturated heterocycles. The normalized spacial score (nSPS) is 28.0. The van der Waals surface area contributed by atoms with Crippen LogP contribution >= 0.6 is 25.3 Å². The van der Waals surface area contributed by atoms with E-state index in [1.165, 1.54) is 0 Å². The van der Waals surface area contributed by atoms with Gasteiger partial charge in [-0.3, -0.25) is 4.90 Å². The zero-order valence-corrected chi connectivity index (χ0v) is 12.6. The van der Waals surface area contributed by atoms with E-state index in [4.69, 9.17) is 12.6 Å². The summed E-state index contributed by atoms with van der Waals surface area (Å²) in [6.07, 6.45) is 2.26. The lowest BCUT2D eigenvalue weighted by Crippen LogP contribution is -2.66. The quantitative estimate of drug-likeness (QED) is 0.670. The van der Waals surface area contributed by atoms with E-state index in [9.17, 15) is 0 Å². The van der Waals surface area contributed by atoms with Crippen molar-refractivity contribution in [3.8, 4) is 0 Å². The average molecular weight is 247 g/mol. The summed E-state index contributed by atoms with van der Waals surface area (Å²) in [4.78, 5) is 2.45. The Balaban J connectivity index is 3.09. The molecule has 0 unspecified atom stereocenters. The third-order valence-electron chi connectivity index (χ3n) is 3.23. The number of piperidine rings is 1. The van der Waals surface area contributed by atoms with E-state index >= 15 is 0 Å². The van der Waals surface area contributed by atoms with Gasteiger partial charge >= 0.3 is 0 Å². The van der Waals surface area contributed by atoms with E-state index in [1.54, 1.807) is 0 Å². The van der Waals surface area contributed by atoms with Gasteiger partial charge in [-0.15, -0.1) is 0 Å². The summed E-state index contributed by atoms with van der Waals surface area (Å²) in [7, 11) is 0. The van der Waals surface area contributed by atoms with Crippen LogP contribution in [0.2, 0.25) is 0 Å². The van der Waals surface area contributed by atoms with Gasteiger partial charge in [0.2, 0.25) is 0 Å². The van der Waals surface area contributed by atoms with Gasteiger partial charge < -0.3 is 0 Å². The minimum Gasteiger partial charge on any atom is -0.279 e. The lowest BCUT2D eigenvalue weighted by molar-refractivity contribution is -0.0595. The van der Waals surface area contributed by atoms with Crippen LogP contribution in [0.15, 0.2) is 0 Å². The highest BCUT2D eigenvalue weighted by Gasteiger charge is 2.49. The Labute approximate surface area is 106 Å². The largest absolute Gasteiger partial charge is 0.279 e. The molecule has 0 aliphatic carbocycles. The van der Waals surface area contributed by atoms with Gasteiger partial charge in [0.25, 0.3) is 0 Å². The second-order valence-corrected chi connectivity index (χ2v) is 8.34. The molecule has 0 saturated carbocycles. The van der Waals surface area contributed by atoms with Crippen molar-refractivity contribution in [2.75, 3.05) is 0 Å². The second kappa shape index (κ2) is 3.85. The topological polar surface area (TPSA) is 3.24 Å². The molecule has 0 aromatic heterocycles. The van der Waals surface area contributed by atoms with E-state index in [-0.39, 0.29) is 15.9 Å². The van der Waals surface area contributed by atoms with Crippen molar-refractivity contribution < 1.29 is 0 Å². The Morgan fingerprint density at radius 3 is 1.67 bits per heavy atom.